The Kier molecular flexibility index (Phi) is 7.77. The van der Waals surface area contributed by atoms with E-state index >= 15 is 0 Å². The molecule has 3 aromatic rings. The molecule has 1 heterocycles. The number of hydrogen-bond acceptors (Lipinski definition) is 4. The molecule has 0 atom stereocenters. The zero-order valence-electron chi connectivity index (χ0n) is 17.6. The van der Waals surface area contributed by atoms with Crippen LogP contribution in [0.25, 0.3) is 22.4 Å². The summed E-state index contributed by atoms with van der Waals surface area (Å²) in [5.74, 6) is -3.32. The Labute approximate surface area is 189 Å². The van der Waals surface area contributed by atoms with E-state index in [4.69, 9.17) is 21.1 Å². The Hall–Kier alpha value is -3.03. The van der Waals surface area contributed by atoms with Gasteiger partial charge in [0.05, 0.1) is 23.4 Å². The number of aryl methyl sites for hydroxylation is 1. The predicted octanol–water partition coefficient (Wildman–Crippen LogP) is 6.02. The molecule has 0 saturated carbocycles. The Morgan fingerprint density at radius 2 is 1.78 bits per heavy atom. The van der Waals surface area contributed by atoms with Gasteiger partial charge in [0.25, 0.3) is 0 Å². The van der Waals surface area contributed by atoms with Crippen LogP contribution in [0.4, 0.5) is 8.78 Å². The highest BCUT2D eigenvalue weighted by molar-refractivity contribution is 6.33. The van der Waals surface area contributed by atoms with Crippen LogP contribution in [0.5, 0.6) is 5.75 Å². The highest BCUT2D eigenvalue weighted by atomic mass is 35.5. The molecular weight excluding hydrogens is 440 g/mol. The number of rotatable bonds is 9. The van der Waals surface area contributed by atoms with Gasteiger partial charge in [-0.15, -0.1) is 0 Å². The van der Waals surface area contributed by atoms with Crippen LogP contribution in [0.15, 0.2) is 42.6 Å². The summed E-state index contributed by atoms with van der Waals surface area (Å²) >= 11 is 6.17. The molecule has 0 aliphatic carbocycles. The van der Waals surface area contributed by atoms with Gasteiger partial charge in [-0.2, -0.15) is 0 Å². The number of carboxylic acids is 1. The summed E-state index contributed by atoms with van der Waals surface area (Å²) in [4.78, 5) is 15.8. The van der Waals surface area contributed by atoms with Crippen LogP contribution in [0.2, 0.25) is 5.02 Å². The minimum atomic E-state index is -1.15. The highest BCUT2D eigenvalue weighted by Crippen LogP contribution is 2.36. The summed E-state index contributed by atoms with van der Waals surface area (Å²) in [6, 6.07) is 8.68. The number of methoxy groups -OCH3 is 2. The molecule has 0 amide bonds. The average Bonchev–Trinajstić information content (AvgIpc) is 2.76. The molecule has 0 bridgehead atoms. The van der Waals surface area contributed by atoms with Crippen LogP contribution in [0.3, 0.4) is 0 Å². The summed E-state index contributed by atoms with van der Waals surface area (Å²) < 4.78 is 38.6. The average molecular weight is 462 g/mol. The lowest BCUT2D eigenvalue weighted by Gasteiger charge is -2.14. The summed E-state index contributed by atoms with van der Waals surface area (Å²) in [7, 11) is 2.83. The Morgan fingerprint density at radius 1 is 1.06 bits per heavy atom. The predicted molar refractivity (Wildman–Crippen MR) is 118 cm³/mol. The molecule has 168 valence electrons. The number of unbranched alkanes of at least 4 members (excludes halogenated alkanes) is 1. The van der Waals surface area contributed by atoms with Crippen molar-refractivity contribution in [3.63, 3.8) is 0 Å². The van der Waals surface area contributed by atoms with E-state index in [1.54, 1.807) is 19.4 Å². The van der Waals surface area contributed by atoms with Gasteiger partial charge >= 0.3 is 5.97 Å². The number of aromatic carboxylic acids is 1. The maximum atomic E-state index is 14.4. The molecule has 0 fully saturated rings. The van der Waals surface area contributed by atoms with E-state index in [1.165, 1.54) is 19.2 Å². The summed E-state index contributed by atoms with van der Waals surface area (Å²) in [5, 5.41) is 9.31. The molecule has 8 heteroatoms. The van der Waals surface area contributed by atoms with Crippen molar-refractivity contribution < 1.29 is 28.2 Å². The zero-order valence-corrected chi connectivity index (χ0v) is 18.4. The third-order valence-electron chi connectivity index (χ3n) is 4.99. The number of pyridine rings is 1. The second-order valence-electron chi connectivity index (χ2n) is 7.16. The van der Waals surface area contributed by atoms with Crippen molar-refractivity contribution in [1.29, 1.82) is 0 Å². The normalized spacial score (nSPS) is 10.9. The number of nitrogens with zero attached hydrogens (tertiary/aromatic N) is 1. The van der Waals surface area contributed by atoms with Gasteiger partial charge < -0.3 is 14.6 Å². The number of hydrogen-bond donors (Lipinski definition) is 1. The molecule has 0 aliphatic heterocycles. The molecule has 2 aromatic carbocycles. The first kappa shape index (κ1) is 23.6. The first-order valence-electron chi connectivity index (χ1n) is 9.90. The van der Waals surface area contributed by atoms with Crippen molar-refractivity contribution in [3.8, 4) is 28.1 Å². The molecule has 0 spiro atoms. The van der Waals surface area contributed by atoms with E-state index in [2.05, 4.69) is 4.98 Å². The summed E-state index contributed by atoms with van der Waals surface area (Å²) in [6.07, 6.45) is 4.15. The molecule has 1 N–H and O–H groups in total. The molecular formula is C24H22ClF2NO4. The van der Waals surface area contributed by atoms with Crippen molar-refractivity contribution >= 4 is 17.6 Å². The van der Waals surface area contributed by atoms with Crippen molar-refractivity contribution in [2.24, 2.45) is 0 Å². The largest absolute Gasteiger partial charge is 0.491 e. The van der Waals surface area contributed by atoms with E-state index in [9.17, 15) is 18.7 Å². The smallest absolute Gasteiger partial charge is 0.337 e. The lowest BCUT2D eigenvalue weighted by Crippen LogP contribution is -2.00. The second kappa shape index (κ2) is 10.5. The van der Waals surface area contributed by atoms with E-state index in [-0.39, 0.29) is 16.1 Å². The van der Waals surface area contributed by atoms with Crippen LogP contribution in [-0.4, -0.2) is 36.9 Å². The van der Waals surface area contributed by atoms with Crippen molar-refractivity contribution in [3.05, 3.63) is 70.4 Å². The minimum absolute atomic E-state index is 0.0396. The minimum Gasteiger partial charge on any atom is -0.491 e. The molecule has 0 saturated heterocycles. The van der Waals surface area contributed by atoms with Crippen molar-refractivity contribution in [1.82, 2.24) is 4.98 Å². The fraction of sp³-hybridized carbons (Fsp3) is 0.250. The van der Waals surface area contributed by atoms with Crippen molar-refractivity contribution in [2.75, 3.05) is 20.8 Å². The Balaban J connectivity index is 2.11. The fourth-order valence-electron chi connectivity index (χ4n) is 3.42. The molecule has 3 rings (SSSR count). The monoisotopic (exact) mass is 461 g/mol. The van der Waals surface area contributed by atoms with Gasteiger partial charge in [-0.3, -0.25) is 4.98 Å². The van der Waals surface area contributed by atoms with Gasteiger partial charge in [-0.25, -0.2) is 13.6 Å². The van der Waals surface area contributed by atoms with Crippen LogP contribution >= 0.6 is 11.6 Å². The lowest BCUT2D eigenvalue weighted by atomic mass is 9.95. The quantitative estimate of drug-likeness (QED) is 0.394. The summed E-state index contributed by atoms with van der Waals surface area (Å²) in [6.45, 7) is 0.648. The van der Waals surface area contributed by atoms with Gasteiger partial charge in [0.1, 0.15) is 0 Å². The number of benzene rings is 2. The van der Waals surface area contributed by atoms with Crippen LogP contribution in [0, 0.1) is 11.6 Å². The van der Waals surface area contributed by atoms with E-state index in [0.717, 1.165) is 37.0 Å². The van der Waals surface area contributed by atoms with Gasteiger partial charge in [0, 0.05) is 31.0 Å². The van der Waals surface area contributed by atoms with E-state index < -0.39 is 23.4 Å². The molecule has 1 aromatic heterocycles. The van der Waals surface area contributed by atoms with E-state index in [1.807, 2.05) is 6.07 Å². The van der Waals surface area contributed by atoms with Gasteiger partial charge in [0.15, 0.2) is 17.4 Å². The summed E-state index contributed by atoms with van der Waals surface area (Å²) in [5.41, 5.74) is 2.61. The SMILES string of the molecule is COCCCCc1cnc(-c2cc(F)c(OC)c(F)c2)c(-c2ccc(C(=O)O)c(Cl)c2)c1. The molecule has 32 heavy (non-hydrogen) atoms. The van der Waals surface area contributed by atoms with Gasteiger partial charge in [0.2, 0.25) is 0 Å². The molecule has 0 unspecified atom stereocenters. The van der Waals surface area contributed by atoms with Crippen molar-refractivity contribution in [2.45, 2.75) is 19.3 Å². The number of ether oxygens (including phenoxy) is 2. The molecule has 5 nitrogen and oxygen atoms in total. The van der Waals surface area contributed by atoms with Gasteiger partial charge in [-0.05, 0) is 60.7 Å². The third kappa shape index (κ3) is 5.23. The first-order valence-corrected chi connectivity index (χ1v) is 10.3. The number of aromatic nitrogens is 1. The topological polar surface area (TPSA) is 68.7 Å². The van der Waals surface area contributed by atoms with Crippen LogP contribution in [-0.2, 0) is 11.2 Å². The second-order valence-corrected chi connectivity index (χ2v) is 7.57. The maximum Gasteiger partial charge on any atom is 0.337 e. The standard InChI is InChI=1S/C24H22ClF2NO4/c1-31-8-4-3-5-14-9-18(15-6-7-17(24(29)30)19(25)10-15)22(28-13-14)16-11-20(26)23(32-2)21(27)12-16/h6-7,9-13H,3-5,8H2,1-2H3,(H,29,30). The molecule has 0 aliphatic rings. The lowest BCUT2D eigenvalue weighted by molar-refractivity contribution is 0.0697. The fourth-order valence-corrected chi connectivity index (χ4v) is 3.68. The number of halogens is 3. The van der Waals surface area contributed by atoms with E-state index in [0.29, 0.717) is 23.4 Å². The van der Waals surface area contributed by atoms with Gasteiger partial charge in [-0.1, -0.05) is 17.7 Å². The number of carbonyl (C=O) groups is 1. The van der Waals surface area contributed by atoms with Crippen LogP contribution in [0.1, 0.15) is 28.8 Å². The van der Waals surface area contributed by atoms with Crippen LogP contribution < -0.4 is 4.74 Å². The zero-order chi connectivity index (χ0) is 23.3. The number of carboxylic acid groups (broad SMARTS) is 1. The third-order valence-corrected chi connectivity index (χ3v) is 5.31. The Bertz CT molecular complexity index is 1110. The first-order chi connectivity index (χ1) is 15.3. The highest BCUT2D eigenvalue weighted by Gasteiger charge is 2.18. The molecule has 0 radical (unpaired) electrons. The Morgan fingerprint density at radius 3 is 2.38 bits per heavy atom. The maximum absolute atomic E-state index is 14.4.